The van der Waals surface area contributed by atoms with E-state index in [1.54, 1.807) is 0 Å². The number of carbonyl (C=O) groups is 1. The van der Waals surface area contributed by atoms with Crippen LogP contribution in [0.2, 0.25) is 10.0 Å². The number of halogens is 2. The summed E-state index contributed by atoms with van der Waals surface area (Å²) >= 11 is 11.6. The smallest absolute Gasteiger partial charge is 0.313 e. The Kier molecular flexibility index (Phi) is 4.41. The number of carboxylic acids is 1. The maximum atomic E-state index is 10.9. The maximum absolute atomic E-state index is 10.9. The van der Waals surface area contributed by atoms with Gasteiger partial charge in [-0.3, -0.25) is 4.79 Å². The minimum absolute atomic E-state index is 0.213. The van der Waals surface area contributed by atoms with Crippen LogP contribution in [0.4, 0.5) is 0 Å². The van der Waals surface area contributed by atoms with Gasteiger partial charge in [-0.2, -0.15) is 0 Å². The van der Waals surface area contributed by atoms with Gasteiger partial charge in [0.2, 0.25) is 0 Å². The molecular weight excluding hydrogens is 255 g/mol. The van der Waals surface area contributed by atoms with Crippen LogP contribution in [0.25, 0.3) is 0 Å². The molecule has 1 rings (SSSR count). The Balaban J connectivity index is 3.34. The zero-order valence-corrected chi connectivity index (χ0v) is 9.92. The highest BCUT2D eigenvalue weighted by Crippen LogP contribution is 2.36. The Labute approximate surface area is 102 Å². The lowest BCUT2D eigenvalue weighted by atomic mass is 9.99. The van der Waals surface area contributed by atoms with Gasteiger partial charge in [-0.05, 0) is 12.1 Å². The van der Waals surface area contributed by atoms with Gasteiger partial charge in [0, 0.05) is 10.6 Å². The van der Waals surface area contributed by atoms with Gasteiger partial charge in [0.05, 0.1) is 18.7 Å². The molecule has 0 aromatic heterocycles. The van der Waals surface area contributed by atoms with E-state index in [0.29, 0.717) is 5.02 Å². The van der Waals surface area contributed by atoms with Crippen molar-refractivity contribution in [3.05, 3.63) is 27.7 Å². The van der Waals surface area contributed by atoms with E-state index in [2.05, 4.69) is 0 Å². The quantitative estimate of drug-likeness (QED) is 0.875. The minimum atomic E-state index is -1.17. The van der Waals surface area contributed by atoms with Crippen LogP contribution in [0.1, 0.15) is 11.5 Å². The number of aliphatic hydroxyl groups excluding tert-OH is 1. The Morgan fingerprint density at radius 2 is 2.12 bits per heavy atom. The summed E-state index contributed by atoms with van der Waals surface area (Å²) in [7, 11) is 1.37. The van der Waals surface area contributed by atoms with Crippen molar-refractivity contribution in [3.63, 3.8) is 0 Å². The molecule has 1 aromatic carbocycles. The molecule has 16 heavy (non-hydrogen) atoms. The van der Waals surface area contributed by atoms with Crippen molar-refractivity contribution < 1.29 is 19.7 Å². The molecule has 1 aromatic rings. The Hall–Kier alpha value is -0.970. The minimum Gasteiger partial charge on any atom is -0.495 e. The molecule has 1 unspecified atom stereocenters. The van der Waals surface area contributed by atoms with E-state index in [4.69, 9.17) is 38.2 Å². The molecule has 0 aliphatic rings. The number of methoxy groups -OCH3 is 1. The summed E-state index contributed by atoms with van der Waals surface area (Å²) in [5, 5.41) is 18.5. The average molecular weight is 265 g/mol. The highest BCUT2D eigenvalue weighted by atomic mass is 35.5. The van der Waals surface area contributed by atoms with Crippen LogP contribution in [-0.4, -0.2) is 29.9 Å². The van der Waals surface area contributed by atoms with E-state index in [0.717, 1.165) is 0 Å². The third kappa shape index (κ3) is 2.58. The van der Waals surface area contributed by atoms with Crippen molar-refractivity contribution in [3.8, 4) is 5.75 Å². The van der Waals surface area contributed by atoms with Gasteiger partial charge in [0.25, 0.3) is 0 Å². The standard InChI is InChI=1S/C10H10Cl2O4/c1-16-9-6(7(4-13)10(14)15)2-5(11)3-8(9)12/h2-3,7,13H,4H2,1H3,(H,14,15). The molecule has 6 heteroatoms. The lowest BCUT2D eigenvalue weighted by Crippen LogP contribution is -2.16. The monoisotopic (exact) mass is 264 g/mol. The molecule has 1 atom stereocenters. The molecule has 0 heterocycles. The van der Waals surface area contributed by atoms with Crippen molar-refractivity contribution in [2.45, 2.75) is 5.92 Å². The summed E-state index contributed by atoms with van der Waals surface area (Å²) < 4.78 is 5.00. The molecule has 0 amide bonds. The van der Waals surface area contributed by atoms with E-state index in [1.807, 2.05) is 0 Å². The molecule has 0 saturated heterocycles. The second-order valence-electron chi connectivity index (χ2n) is 3.08. The Morgan fingerprint density at radius 3 is 2.56 bits per heavy atom. The molecule has 0 spiro atoms. The summed E-state index contributed by atoms with van der Waals surface area (Å²) in [6, 6.07) is 2.86. The van der Waals surface area contributed by atoms with E-state index in [9.17, 15) is 4.79 Å². The lowest BCUT2D eigenvalue weighted by Gasteiger charge is -2.15. The van der Waals surface area contributed by atoms with Gasteiger partial charge in [-0.15, -0.1) is 0 Å². The van der Waals surface area contributed by atoms with Gasteiger partial charge in [0.1, 0.15) is 11.7 Å². The SMILES string of the molecule is COc1c(Cl)cc(Cl)cc1C(CO)C(=O)O. The molecule has 88 valence electrons. The van der Waals surface area contributed by atoms with E-state index in [-0.39, 0.29) is 16.3 Å². The fraction of sp³-hybridized carbons (Fsp3) is 0.300. The van der Waals surface area contributed by atoms with Crippen molar-refractivity contribution in [2.75, 3.05) is 13.7 Å². The summed E-state index contributed by atoms with van der Waals surface area (Å²) in [6.45, 7) is -0.553. The predicted molar refractivity (Wildman–Crippen MR) is 60.5 cm³/mol. The van der Waals surface area contributed by atoms with Crippen LogP contribution in [0.15, 0.2) is 12.1 Å². The van der Waals surface area contributed by atoms with Crippen molar-refractivity contribution in [1.29, 1.82) is 0 Å². The van der Waals surface area contributed by atoms with Crippen LogP contribution in [-0.2, 0) is 4.79 Å². The third-order valence-corrected chi connectivity index (χ3v) is 2.60. The predicted octanol–water partition coefficient (Wildman–Crippen LogP) is 2.16. The first-order valence-electron chi connectivity index (χ1n) is 4.37. The van der Waals surface area contributed by atoms with E-state index < -0.39 is 18.5 Å². The van der Waals surface area contributed by atoms with Gasteiger partial charge in [-0.25, -0.2) is 0 Å². The lowest BCUT2D eigenvalue weighted by molar-refractivity contribution is -0.139. The van der Waals surface area contributed by atoms with E-state index >= 15 is 0 Å². The third-order valence-electron chi connectivity index (χ3n) is 2.10. The number of benzene rings is 1. The maximum Gasteiger partial charge on any atom is 0.313 e. The Bertz CT molecular complexity index is 406. The fourth-order valence-electron chi connectivity index (χ4n) is 1.36. The second-order valence-corrected chi connectivity index (χ2v) is 3.93. The van der Waals surface area contributed by atoms with Crippen LogP contribution in [0.5, 0.6) is 5.75 Å². The summed E-state index contributed by atoms with van der Waals surface area (Å²) in [4.78, 5) is 10.9. The summed E-state index contributed by atoms with van der Waals surface area (Å²) in [6.07, 6.45) is 0. The number of aliphatic hydroxyl groups is 1. The number of carboxylic acid groups (broad SMARTS) is 1. The van der Waals surface area contributed by atoms with Crippen molar-refractivity contribution >= 4 is 29.2 Å². The molecule has 0 saturated carbocycles. The first-order chi connectivity index (χ1) is 7.51. The molecule has 4 nitrogen and oxygen atoms in total. The Morgan fingerprint density at radius 1 is 1.50 bits per heavy atom. The molecule has 0 aliphatic carbocycles. The normalized spacial score (nSPS) is 12.2. The van der Waals surface area contributed by atoms with Crippen LogP contribution in [0, 0.1) is 0 Å². The number of hydrogen-bond donors (Lipinski definition) is 2. The molecule has 0 fully saturated rings. The second kappa shape index (κ2) is 5.39. The number of hydrogen-bond acceptors (Lipinski definition) is 3. The average Bonchev–Trinajstić information content (AvgIpc) is 2.17. The number of rotatable bonds is 4. The molecule has 0 radical (unpaired) electrons. The van der Waals surface area contributed by atoms with Crippen LogP contribution < -0.4 is 4.74 Å². The molecule has 2 N–H and O–H groups in total. The zero-order chi connectivity index (χ0) is 12.3. The highest BCUT2D eigenvalue weighted by Gasteiger charge is 2.24. The first-order valence-corrected chi connectivity index (χ1v) is 5.13. The van der Waals surface area contributed by atoms with Gasteiger partial charge >= 0.3 is 5.97 Å². The molecular formula is C10H10Cl2O4. The van der Waals surface area contributed by atoms with Gasteiger partial charge in [0.15, 0.2) is 0 Å². The first kappa shape index (κ1) is 13.1. The molecule has 0 aliphatic heterocycles. The van der Waals surface area contributed by atoms with Gasteiger partial charge in [-0.1, -0.05) is 23.2 Å². The summed E-state index contributed by atoms with van der Waals surface area (Å²) in [5.41, 5.74) is 0.259. The number of ether oxygens (including phenoxy) is 1. The largest absolute Gasteiger partial charge is 0.495 e. The van der Waals surface area contributed by atoms with E-state index in [1.165, 1.54) is 19.2 Å². The van der Waals surface area contributed by atoms with Crippen molar-refractivity contribution in [2.24, 2.45) is 0 Å². The topological polar surface area (TPSA) is 66.8 Å². The molecule has 0 bridgehead atoms. The van der Waals surface area contributed by atoms with Crippen molar-refractivity contribution in [1.82, 2.24) is 0 Å². The summed E-state index contributed by atoms with van der Waals surface area (Å²) in [5.74, 6) is -2.06. The zero-order valence-electron chi connectivity index (χ0n) is 8.41. The van der Waals surface area contributed by atoms with Crippen LogP contribution in [0.3, 0.4) is 0 Å². The van der Waals surface area contributed by atoms with Gasteiger partial charge < -0.3 is 14.9 Å². The fourth-order valence-corrected chi connectivity index (χ4v) is 1.95. The number of aliphatic carboxylic acids is 1. The highest BCUT2D eigenvalue weighted by molar-refractivity contribution is 6.35. The van der Waals surface area contributed by atoms with Crippen LogP contribution >= 0.6 is 23.2 Å².